The molecule has 0 unspecified atom stereocenters. The Hall–Kier alpha value is -2.12. The lowest BCUT2D eigenvalue weighted by Crippen LogP contribution is -2.13. The van der Waals surface area contributed by atoms with Gasteiger partial charge in [0.05, 0.1) is 12.8 Å². The smallest absolute Gasteiger partial charge is 0.212 e. The van der Waals surface area contributed by atoms with Crippen molar-refractivity contribution in [2.24, 2.45) is 5.10 Å². The first kappa shape index (κ1) is 16.7. The molecule has 2 aromatic carbocycles. The van der Waals surface area contributed by atoms with E-state index in [1.54, 1.807) is 18.9 Å². The van der Waals surface area contributed by atoms with E-state index in [1.165, 1.54) is 0 Å². The van der Waals surface area contributed by atoms with E-state index in [2.05, 4.69) is 10.2 Å². The molecule has 1 aliphatic rings. The molecule has 0 fully saturated rings. The zero-order chi connectivity index (χ0) is 15.6. The summed E-state index contributed by atoms with van der Waals surface area (Å²) < 4.78 is 7.03. The van der Waals surface area contributed by atoms with Crippen molar-refractivity contribution in [1.82, 2.24) is 14.9 Å². The number of methoxy groups -OCH3 is 1. The number of nitrogens with zero attached hydrogens (tertiary/aromatic N) is 4. The van der Waals surface area contributed by atoms with Crippen LogP contribution in [0.2, 0.25) is 0 Å². The standard InChI is InChI=1S/C17H14N4OS.BrH/c1-22-14-9-7-12(8-10-14)15-11-23-17-19-18-16(21(17)20-15)13-5-3-2-4-6-13;/h2-10H,11H2,1H3;1H. The van der Waals surface area contributed by atoms with Crippen LogP contribution >= 0.6 is 28.7 Å². The zero-order valence-electron chi connectivity index (χ0n) is 12.9. The van der Waals surface area contributed by atoms with Crippen molar-refractivity contribution in [3.8, 4) is 17.1 Å². The molecule has 7 heteroatoms. The van der Waals surface area contributed by atoms with Gasteiger partial charge in [0.25, 0.3) is 0 Å². The fourth-order valence-electron chi connectivity index (χ4n) is 2.42. The molecule has 0 saturated heterocycles. The SMILES string of the molecule is Br.COc1ccc(C2=Nn3c(nnc3-c3ccccc3)SC2)cc1. The number of rotatable bonds is 3. The summed E-state index contributed by atoms with van der Waals surface area (Å²) in [6.45, 7) is 0. The Labute approximate surface area is 154 Å². The predicted octanol–water partition coefficient (Wildman–Crippen LogP) is 3.89. The van der Waals surface area contributed by atoms with Gasteiger partial charge in [-0.05, 0) is 29.8 Å². The largest absolute Gasteiger partial charge is 0.497 e. The van der Waals surface area contributed by atoms with Crippen LogP contribution in [-0.4, -0.2) is 33.4 Å². The Morgan fingerprint density at radius 1 is 0.958 bits per heavy atom. The third kappa shape index (κ3) is 3.09. The first-order valence-corrected chi connectivity index (χ1v) is 8.19. The van der Waals surface area contributed by atoms with Crippen molar-refractivity contribution >= 4 is 34.5 Å². The van der Waals surface area contributed by atoms with Crippen LogP contribution in [0.4, 0.5) is 0 Å². The van der Waals surface area contributed by atoms with E-state index in [1.807, 2.05) is 59.3 Å². The summed E-state index contributed by atoms with van der Waals surface area (Å²) >= 11 is 1.64. The maximum atomic E-state index is 5.21. The van der Waals surface area contributed by atoms with Crippen molar-refractivity contribution < 1.29 is 4.74 Å². The summed E-state index contributed by atoms with van der Waals surface area (Å²) in [6.07, 6.45) is 0. The molecule has 0 amide bonds. The van der Waals surface area contributed by atoms with Crippen LogP contribution in [0.25, 0.3) is 11.4 Å². The molecule has 0 N–H and O–H groups in total. The second-order valence-electron chi connectivity index (χ2n) is 5.05. The highest BCUT2D eigenvalue weighted by molar-refractivity contribution is 8.93. The van der Waals surface area contributed by atoms with Crippen LogP contribution in [0.3, 0.4) is 0 Å². The van der Waals surface area contributed by atoms with Gasteiger partial charge in [0.1, 0.15) is 5.75 Å². The van der Waals surface area contributed by atoms with Crippen LogP contribution in [0.5, 0.6) is 5.75 Å². The summed E-state index contributed by atoms with van der Waals surface area (Å²) in [5, 5.41) is 14.1. The van der Waals surface area contributed by atoms with E-state index in [4.69, 9.17) is 9.84 Å². The maximum Gasteiger partial charge on any atom is 0.212 e. The monoisotopic (exact) mass is 402 g/mol. The molecule has 0 bridgehead atoms. The van der Waals surface area contributed by atoms with Gasteiger partial charge in [0.15, 0.2) is 5.82 Å². The second-order valence-corrected chi connectivity index (χ2v) is 5.99. The van der Waals surface area contributed by atoms with Crippen molar-refractivity contribution in [2.75, 3.05) is 12.9 Å². The normalized spacial score (nSPS) is 12.8. The first-order valence-electron chi connectivity index (χ1n) is 7.21. The number of benzene rings is 2. The van der Waals surface area contributed by atoms with Crippen LogP contribution in [0.1, 0.15) is 5.56 Å². The lowest BCUT2D eigenvalue weighted by molar-refractivity contribution is 0.415. The van der Waals surface area contributed by atoms with E-state index in [9.17, 15) is 0 Å². The number of hydrogen-bond donors (Lipinski definition) is 0. The molecule has 1 aromatic heterocycles. The lowest BCUT2D eigenvalue weighted by Gasteiger charge is -2.14. The minimum absolute atomic E-state index is 0. The number of thioether (sulfide) groups is 1. The highest BCUT2D eigenvalue weighted by atomic mass is 79.9. The molecule has 1 aliphatic heterocycles. The fraction of sp³-hybridized carbons (Fsp3) is 0.118. The van der Waals surface area contributed by atoms with Gasteiger partial charge in [-0.25, -0.2) is 0 Å². The molecule has 2 heterocycles. The first-order chi connectivity index (χ1) is 11.3. The van der Waals surface area contributed by atoms with Gasteiger partial charge >= 0.3 is 0 Å². The van der Waals surface area contributed by atoms with Gasteiger partial charge in [-0.1, -0.05) is 42.1 Å². The Bertz CT molecular complexity index is 862. The molecule has 0 spiro atoms. The summed E-state index contributed by atoms with van der Waals surface area (Å²) in [4.78, 5) is 0. The Morgan fingerprint density at radius 3 is 2.42 bits per heavy atom. The Kier molecular flexibility index (Phi) is 5.01. The number of halogens is 1. The van der Waals surface area contributed by atoms with Crippen LogP contribution in [-0.2, 0) is 0 Å². The Balaban J connectivity index is 0.00000169. The summed E-state index contributed by atoms with van der Waals surface area (Å²) in [5.41, 5.74) is 3.09. The number of aromatic nitrogens is 3. The van der Waals surface area contributed by atoms with Crippen molar-refractivity contribution in [3.63, 3.8) is 0 Å². The molecule has 0 aliphatic carbocycles. The minimum atomic E-state index is 0. The van der Waals surface area contributed by atoms with Gasteiger partial charge in [-0.2, -0.15) is 9.78 Å². The van der Waals surface area contributed by atoms with Gasteiger partial charge in [-0.3, -0.25) is 0 Å². The van der Waals surface area contributed by atoms with Crippen molar-refractivity contribution in [3.05, 3.63) is 60.2 Å². The molecular formula is C17H15BrN4OS. The van der Waals surface area contributed by atoms with E-state index in [0.29, 0.717) is 0 Å². The number of ether oxygens (including phenoxy) is 1. The molecule has 24 heavy (non-hydrogen) atoms. The topological polar surface area (TPSA) is 52.3 Å². The predicted molar refractivity (Wildman–Crippen MR) is 101 cm³/mol. The second kappa shape index (κ2) is 7.19. The molecule has 122 valence electrons. The van der Waals surface area contributed by atoms with Crippen molar-refractivity contribution in [2.45, 2.75) is 5.16 Å². The average molecular weight is 403 g/mol. The van der Waals surface area contributed by atoms with Gasteiger partial charge < -0.3 is 4.74 Å². The maximum absolute atomic E-state index is 5.21. The molecular weight excluding hydrogens is 388 g/mol. The fourth-order valence-corrected chi connectivity index (χ4v) is 3.26. The summed E-state index contributed by atoms with van der Waals surface area (Å²) in [6, 6.07) is 17.9. The number of fused-ring (bicyclic) bond motifs is 1. The molecule has 0 atom stereocenters. The summed E-state index contributed by atoms with van der Waals surface area (Å²) in [7, 11) is 1.67. The van der Waals surface area contributed by atoms with Crippen LogP contribution in [0.15, 0.2) is 64.9 Å². The van der Waals surface area contributed by atoms with Crippen LogP contribution in [0, 0.1) is 0 Å². The molecule has 5 nitrogen and oxygen atoms in total. The van der Waals surface area contributed by atoms with Crippen molar-refractivity contribution in [1.29, 1.82) is 0 Å². The lowest BCUT2D eigenvalue weighted by atomic mass is 10.1. The third-order valence-electron chi connectivity index (χ3n) is 3.63. The van der Waals surface area contributed by atoms with E-state index < -0.39 is 0 Å². The Morgan fingerprint density at radius 2 is 1.71 bits per heavy atom. The third-order valence-corrected chi connectivity index (χ3v) is 4.56. The molecule has 4 rings (SSSR count). The minimum Gasteiger partial charge on any atom is -0.497 e. The van der Waals surface area contributed by atoms with Gasteiger partial charge in [0, 0.05) is 11.3 Å². The molecule has 0 saturated carbocycles. The number of hydrogen-bond acceptors (Lipinski definition) is 5. The quantitative estimate of drug-likeness (QED) is 0.666. The van der Waals surface area contributed by atoms with E-state index >= 15 is 0 Å². The van der Waals surface area contributed by atoms with E-state index in [-0.39, 0.29) is 17.0 Å². The highest BCUT2D eigenvalue weighted by Gasteiger charge is 2.20. The van der Waals surface area contributed by atoms with E-state index in [0.717, 1.165) is 39.3 Å². The molecule has 0 radical (unpaired) electrons. The summed E-state index contributed by atoms with van der Waals surface area (Å²) in [5.74, 6) is 2.38. The van der Waals surface area contributed by atoms with Gasteiger partial charge in [0.2, 0.25) is 5.16 Å². The van der Waals surface area contributed by atoms with Crippen LogP contribution < -0.4 is 4.74 Å². The highest BCUT2D eigenvalue weighted by Crippen LogP contribution is 2.28. The average Bonchev–Trinajstić information content (AvgIpc) is 3.05. The zero-order valence-corrected chi connectivity index (χ0v) is 15.4. The molecule has 3 aromatic rings. The van der Waals surface area contributed by atoms with Gasteiger partial charge in [-0.15, -0.1) is 27.2 Å².